The normalized spacial score (nSPS) is 20.6. The van der Waals surface area contributed by atoms with Crippen LogP contribution in [0.5, 0.6) is 0 Å². The molecule has 31 heavy (non-hydrogen) atoms. The summed E-state index contributed by atoms with van der Waals surface area (Å²) in [5.74, 6) is 0.940. The lowest BCUT2D eigenvalue weighted by Gasteiger charge is -2.15. The van der Waals surface area contributed by atoms with Gasteiger partial charge in [-0.3, -0.25) is 0 Å². The SMILES string of the molecule is Cc1c(N)nc(Nc2ccc3c(c2)[C@H]2NC(=O)O[C@H]2C3)nc1-c1cccc2c1CCC2. The summed E-state index contributed by atoms with van der Waals surface area (Å²) in [6.45, 7) is 1.97. The Morgan fingerprint density at radius 3 is 2.97 bits per heavy atom. The van der Waals surface area contributed by atoms with Crippen molar-refractivity contribution in [1.82, 2.24) is 15.3 Å². The Labute approximate surface area is 180 Å². The van der Waals surface area contributed by atoms with Crippen molar-refractivity contribution in [3.63, 3.8) is 0 Å². The van der Waals surface area contributed by atoms with E-state index in [4.69, 9.17) is 15.5 Å². The van der Waals surface area contributed by atoms with Crippen molar-refractivity contribution < 1.29 is 9.53 Å². The number of hydrogen-bond donors (Lipinski definition) is 3. The van der Waals surface area contributed by atoms with Crippen LogP contribution in [0.4, 0.5) is 22.2 Å². The number of nitrogen functional groups attached to an aromatic ring is 1. The summed E-state index contributed by atoms with van der Waals surface area (Å²) in [6.07, 6.45) is 3.61. The molecule has 2 atom stereocenters. The number of nitrogens with zero attached hydrogens (tertiary/aromatic N) is 2. The van der Waals surface area contributed by atoms with Crippen LogP contribution >= 0.6 is 0 Å². The molecule has 1 fully saturated rings. The van der Waals surface area contributed by atoms with Crippen molar-refractivity contribution in [2.24, 2.45) is 0 Å². The Balaban J connectivity index is 1.36. The molecule has 1 aromatic heterocycles. The monoisotopic (exact) mass is 413 g/mol. The van der Waals surface area contributed by atoms with Gasteiger partial charge in [0.2, 0.25) is 5.95 Å². The van der Waals surface area contributed by atoms with Crippen molar-refractivity contribution in [3.05, 3.63) is 64.2 Å². The van der Waals surface area contributed by atoms with Gasteiger partial charge in [-0.25, -0.2) is 9.78 Å². The number of nitrogens with one attached hydrogen (secondary N) is 2. The van der Waals surface area contributed by atoms with Crippen molar-refractivity contribution in [3.8, 4) is 11.3 Å². The number of fused-ring (bicyclic) bond motifs is 4. The van der Waals surface area contributed by atoms with E-state index in [1.807, 2.05) is 19.1 Å². The number of hydrogen-bond acceptors (Lipinski definition) is 6. The summed E-state index contributed by atoms with van der Waals surface area (Å²) in [7, 11) is 0. The van der Waals surface area contributed by atoms with Crippen molar-refractivity contribution in [1.29, 1.82) is 0 Å². The molecule has 7 heteroatoms. The summed E-state index contributed by atoms with van der Waals surface area (Å²) in [6, 6.07) is 12.4. The fourth-order valence-electron chi connectivity index (χ4n) is 5.08. The molecule has 3 aliphatic rings. The number of ether oxygens (including phenoxy) is 1. The second-order valence-electron chi connectivity index (χ2n) is 8.51. The van der Waals surface area contributed by atoms with Crippen LogP contribution in [-0.4, -0.2) is 22.2 Å². The molecule has 0 saturated carbocycles. The summed E-state index contributed by atoms with van der Waals surface area (Å²) in [4.78, 5) is 20.9. The van der Waals surface area contributed by atoms with Gasteiger partial charge in [0.25, 0.3) is 0 Å². The van der Waals surface area contributed by atoms with E-state index in [-0.39, 0.29) is 18.2 Å². The topological polar surface area (TPSA) is 102 Å². The number of carbonyl (C=O) groups excluding carboxylic acids is 1. The lowest BCUT2D eigenvalue weighted by atomic mass is 9.98. The molecular formula is C24H23N5O2. The average Bonchev–Trinajstić information content (AvgIpc) is 3.44. The van der Waals surface area contributed by atoms with Gasteiger partial charge in [-0.1, -0.05) is 24.3 Å². The smallest absolute Gasteiger partial charge is 0.408 e. The van der Waals surface area contributed by atoms with Gasteiger partial charge >= 0.3 is 6.09 Å². The molecule has 0 bridgehead atoms. The minimum absolute atomic E-state index is 0.101. The lowest BCUT2D eigenvalue weighted by Crippen LogP contribution is -2.18. The molecule has 0 unspecified atom stereocenters. The van der Waals surface area contributed by atoms with Crippen LogP contribution in [-0.2, 0) is 24.0 Å². The van der Waals surface area contributed by atoms with Gasteiger partial charge in [0.05, 0.1) is 11.7 Å². The summed E-state index contributed by atoms with van der Waals surface area (Å²) >= 11 is 0. The highest BCUT2D eigenvalue weighted by atomic mass is 16.6. The predicted molar refractivity (Wildman–Crippen MR) is 118 cm³/mol. The Morgan fingerprint density at radius 1 is 1.16 bits per heavy atom. The minimum atomic E-state index is -0.353. The number of aromatic nitrogens is 2. The van der Waals surface area contributed by atoms with Gasteiger partial charge in [-0.2, -0.15) is 4.98 Å². The zero-order valence-corrected chi connectivity index (χ0v) is 17.2. The maximum absolute atomic E-state index is 11.6. The third-order valence-electron chi connectivity index (χ3n) is 6.65. The first kappa shape index (κ1) is 18.2. The zero-order chi connectivity index (χ0) is 21.1. The van der Waals surface area contributed by atoms with Crippen LogP contribution in [0.2, 0.25) is 0 Å². The predicted octanol–water partition coefficient (Wildman–Crippen LogP) is 3.97. The first-order valence-electron chi connectivity index (χ1n) is 10.7. The molecule has 4 N–H and O–H groups in total. The molecular weight excluding hydrogens is 390 g/mol. The first-order valence-corrected chi connectivity index (χ1v) is 10.7. The maximum atomic E-state index is 11.6. The molecule has 1 amide bonds. The Hall–Kier alpha value is -3.61. The van der Waals surface area contributed by atoms with Crippen LogP contribution in [0.1, 0.15) is 40.3 Å². The first-order chi connectivity index (χ1) is 15.1. The van der Waals surface area contributed by atoms with Crippen molar-refractivity contribution >= 4 is 23.5 Å². The number of rotatable bonds is 3. The molecule has 0 radical (unpaired) electrons. The highest BCUT2D eigenvalue weighted by Crippen LogP contribution is 2.39. The molecule has 6 rings (SSSR count). The fourth-order valence-corrected chi connectivity index (χ4v) is 5.08. The van der Waals surface area contributed by atoms with Crippen LogP contribution in [0.3, 0.4) is 0 Å². The fraction of sp³-hybridized carbons (Fsp3) is 0.292. The second kappa shape index (κ2) is 6.70. The minimum Gasteiger partial charge on any atom is -0.443 e. The van der Waals surface area contributed by atoms with Gasteiger partial charge in [0.15, 0.2) is 0 Å². The molecule has 2 aromatic carbocycles. The highest BCUT2D eigenvalue weighted by molar-refractivity contribution is 5.75. The van der Waals surface area contributed by atoms with Gasteiger partial charge in [0.1, 0.15) is 11.9 Å². The molecule has 2 aliphatic carbocycles. The number of aryl methyl sites for hydroxylation is 1. The zero-order valence-electron chi connectivity index (χ0n) is 17.2. The maximum Gasteiger partial charge on any atom is 0.408 e. The molecule has 1 aliphatic heterocycles. The molecule has 156 valence electrons. The number of amides is 1. The average molecular weight is 413 g/mol. The second-order valence-corrected chi connectivity index (χ2v) is 8.51. The van der Waals surface area contributed by atoms with E-state index >= 15 is 0 Å². The standard InChI is InChI=1S/C24H23N5O2/c1-12-20(17-7-3-5-13-4-2-6-16(13)17)27-23(29-22(12)25)26-15-9-8-14-10-19-21(18(14)11-15)28-24(30)31-19/h3,5,7-9,11,19,21H,2,4,6,10H2,1H3,(H,28,30)(H3,25,26,27,29)/t19-,21+/m0/s1. The van der Waals surface area contributed by atoms with Crippen LogP contribution in [0, 0.1) is 6.92 Å². The van der Waals surface area contributed by atoms with Crippen LogP contribution < -0.4 is 16.4 Å². The Bertz CT molecular complexity index is 1240. The largest absolute Gasteiger partial charge is 0.443 e. The third kappa shape index (κ3) is 2.91. The van der Waals surface area contributed by atoms with Gasteiger partial charge in [-0.15, -0.1) is 0 Å². The number of alkyl carbamates (subject to hydrolysis) is 1. The highest BCUT2D eigenvalue weighted by Gasteiger charge is 2.41. The summed E-state index contributed by atoms with van der Waals surface area (Å²) < 4.78 is 5.34. The van der Waals surface area contributed by atoms with Gasteiger partial charge < -0.3 is 21.1 Å². The van der Waals surface area contributed by atoms with E-state index in [1.54, 1.807) is 0 Å². The summed E-state index contributed by atoms with van der Waals surface area (Å²) in [5, 5.41) is 6.21. The van der Waals surface area contributed by atoms with E-state index in [9.17, 15) is 4.79 Å². The third-order valence-corrected chi connectivity index (χ3v) is 6.65. The number of carbonyl (C=O) groups is 1. The molecule has 7 nitrogen and oxygen atoms in total. The number of nitrogens with two attached hydrogens (primary N) is 1. The molecule has 1 saturated heterocycles. The van der Waals surface area contributed by atoms with E-state index in [0.29, 0.717) is 11.8 Å². The Kier molecular flexibility index (Phi) is 3.93. The lowest BCUT2D eigenvalue weighted by molar-refractivity contribution is 0.136. The Morgan fingerprint density at radius 2 is 2.06 bits per heavy atom. The van der Waals surface area contributed by atoms with E-state index < -0.39 is 0 Å². The molecule has 2 heterocycles. The van der Waals surface area contributed by atoms with Gasteiger partial charge in [0, 0.05) is 23.2 Å². The van der Waals surface area contributed by atoms with Gasteiger partial charge in [-0.05, 0) is 60.6 Å². The van der Waals surface area contributed by atoms with E-state index in [1.165, 1.54) is 23.1 Å². The molecule has 3 aromatic rings. The van der Waals surface area contributed by atoms with E-state index in [2.05, 4.69) is 39.9 Å². The molecule has 0 spiro atoms. The quantitative estimate of drug-likeness (QED) is 0.600. The van der Waals surface area contributed by atoms with Crippen molar-refractivity contribution in [2.75, 3.05) is 11.1 Å². The van der Waals surface area contributed by atoms with E-state index in [0.717, 1.165) is 47.3 Å². The summed E-state index contributed by atoms with van der Waals surface area (Å²) in [5.41, 5.74) is 15.1. The number of anilines is 3. The van der Waals surface area contributed by atoms with Crippen molar-refractivity contribution in [2.45, 2.75) is 44.8 Å². The number of benzene rings is 2. The van der Waals surface area contributed by atoms with Crippen LogP contribution in [0.15, 0.2) is 36.4 Å². The van der Waals surface area contributed by atoms with Crippen LogP contribution in [0.25, 0.3) is 11.3 Å².